The van der Waals surface area contributed by atoms with Crippen LogP contribution in [-0.2, 0) is 16.4 Å². The molecule has 0 aliphatic heterocycles. The van der Waals surface area contributed by atoms with Crippen LogP contribution < -0.4 is 0 Å². The maximum absolute atomic E-state index is 12.6. The highest BCUT2D eigenvalue weighted by molar-refractivity contribution is 7.89. The average molecular weight is 385 g/mol. The van der Waals surface area contributed by atoms with Crippen molar-refractivity contribution in [3.05, 3.63) is 65.9 Å². The number of fused-ring (bicyclic) bond motifs is 1. The molecular weight excluding hydrogens is 362 g/mol. The lowest BCUT2D eigenvalue weighted by molar-refractivity contribution is 0.0796. The Kier molecular flexibility index (Phi) is 5.34. The van der Waals surface area contributed by atoms with Gasteiger partial charge in [0.1, 0.15) is 0 Å². The second kappa shape index (κ2) is 7.54. The largest absolute Gasteiger partial charge is 0.361 e. The fourth-order valence-electron chi connectivity index (χ4n) is 2.93. The van der Waals surface area contributed by atoms with E-state index in [1.54, 1.807) is 24.1 Å². The molecule has 7 heteroatoms. The molecular formula is C20H23N3O3S. The van der Waals surface area contributed by atoms with E-state index in [4.69, 9.17) is 0 Å². The van der Waals surface area contributed by atoms with Crippen LogP contribution in [0, 0.1) is 0 Å². The number of benzene rings is 2. The fourth-order valence-corrected chi connectivity index (χ4v) is 3.83. The summed E-state index contributed by atoms with van der Waals surface area (Å²) in [4.78, 5) is 17.7. The second-order valence-corrected chi connectivity index (χ2v) is 8.80. The summed E-state index contributed by atoms with van der Waals surface area (Å²) >= 11 is 0. The zero-order chi connectivity index (χ0) is 19.6. The van der Waals surface area contributed by atoms with Crippen molar-refractivity contribution >= 4 is 26.8 Å². The summed E-state index contributed by atoms with van der Waals surface area (Å²) in [6.07, 6.45) is 2.71. The van der Waals surface area contributed by atoms with Gasteiger partial charge in [-0.05, 0) is 42.3 Å². The molecule has 0 spiro atoms. The Morgan fingerprint density at radius 2 is 1.67 bits per heavy atom. The van der Waals surface area contributed by atoms with Crippen molar-refractivity contribution in [1.82, 2.24) is 14.2 Å². The molecule has 3 aromatic rings. The van der Waals surface area contributed by atoms with Crippen molar-refractivity contribution in [1.29, 1.82) is 0 Å². The predicted octanol–water partition coefficient (Wildman–Crippen LogP) is 2.73. The first-order valence-corrected chi connectivity index (χ1v) is 10.1. The number of aromatic nitrogens is 1. The number of rotatable bonds is 6. The molecule has 0 fully saturated rings. The van der Waals surface area contributed by atoms with Crippen LogP contribution in [0.4, 0.5) is 0 Å². The Labute approximate surface area is 159 Å². The highest BCUT2D eigenvalue weighted by atomic mass is 32.2. The van der Waals surface area contributed by atoms with Crippen LogP contribution in [0.2, 0.25) is 0 Å². The second-order valence-electron chi connectivity index (χ2n) is 6.65. The van der Waals surface area contributed by atoms with E-state index in [1.807, 2.05) is 24.4 Å². The molecule has 0 radical (unpaired) electrons. The molecule has 0 saturated carbocycles. The van der Waals surface area contributed by atoms with E-state index in [1.165, 1.54) is 26.2 Å². The standard InChI is InChI=1S/C20H23N3O3S/c1-22(2)27(25,26)17-10-8-15(9-11-17)20(24)23(3)13-12-16-14-21-19-7-5-4-6-18(16)19/h4-11,14,21H,12-13H2,1-3H3. The molecule has 2 aromatic carbocycles. The van der Waals surface area contributed by atoms with E-state index >= 15 is 0 Å². The quantitative estimate of drug-likeness (QED) is 0.709. The molecule has 1 N–H and O–H groups in total. The first-order chi connectivity index (χ1) is 12.8. The zero-order valence-electron chi connectivity index (χ0n) is 15.6. The summed E-state index contributed by atoms with van der Waals surface area (Å²) in [6, 6.07) is 14.1. The van der Waals surface area contributed by atoms with Crippen LogP contribution >= 0.6 is 0 Å². The Morgan fingerprint density at radius 1 is 1.00 bits per heavy atom. The summed E-state index contributed by atoms with van der Waals surface area (Å²) in [5.74, 6) is -0.136. The van der Waals surface area contributed by atoms with E-state index in [0.29, 0.717) is 12.1 Å². The van der Waals surface area contributed by atoms with Crippen LogP contribution in [0.15, 0.2) is 59.6 Å². The van der Waals surface area contributed by atoms with Gasteiger partial charge in [0.2, 0.25) is 10.0 Å². The van der Waals surface area contributed by atoms with Gasteiger partial charge in [-0.1, -0.05) is 18.2 Å². The Bertz CT molecular complexity index is 1050. The number of aromatic amines is 1. The Balaban J connectivity index is 1.68. The van der Waals surface area contributed by atoms with E-state index in [-0.39, 0.29) is 10.8 Å². The molecule has 0 unspecified atom stereocenters. The smallest absolute Gasteiger partial charge is 0.253 e. The number of amides is 1. The van der Waals surface area contributed by atoms with Crippen LogP contribution in [-0.4, -0.2) is 56.2 Å². The van der Waals surface area contributed by atoms with Crippen molar-refractivity contribution in [2.75, 3.05) is 27.7 Å². The van der Waals surface area contributed by atoms with Gasteiger partial charge >= 0.3 is 0 Å². The van der Waals surface area contributed by atoms with Gasteiger partial charge < -0.3 is 9.88 Å². The van der Waals surface area contributed by atoms with Gasteiger partial charge in [-0.25, -0.2) is 12.7 Å². The van der Waals surface area contributed by atoms with E-state index in [9.17, 15) is 13.2 Å². The van der Waals surface area contributed by atoms with Crippen LogP contribution in [0.25, 0.3) is 10.9 Å². The van der Waals surface area contributed by atoms with Gasteiger partial charge in [0.05, 0.1) is 4.90 Å². The number of sulfonamides is 1. The third-order valence-corrected chi connectivity index (χ3v) is 6.45. The van der Waals surface area contributed by atoms with Crippen molar-refractivity contribution in [2.24, 2.45) is 0 Å². The monoisotopic (exact) mass is 385 g/mol. The van der Waals surface area contributed by atoms with Crippen molar-refractivity contribution in [3.63, 3.8) is 0 Å². The molecule has 0 saturated heterocycles. The van der Waals surface area contributed by atoms with Gasteiger partial charge in [-0.3, -0.25) is 4.79 Å². The number of para-hydroxylation sites is 1. The molecule has 0 aliphatic carbocycles. The number of carbonyl (C=O) groups is 1. The van der Waals surface area contributed by atoms with Crippen molar-refractivity contribution in [3.8, 4) is 0 Å². The summed E-state index contributed by atoms with van der Waals surface area (Å²) in [5.41, 5.74) is 2.71. The number of hydrogen-bond acceptors (Lipinski definition) is 3. The number of hydrogen-bond donors (Lipinski definition) is 1. The molecule has 142 valence electrons. The Hall–Kier alpha value is -2.64. The van der Waals surface area contributed by atoms with Gasteiger partial charge in [0.25, 0.3) is 5.91 Å². The van der Waals surface area contributed by atoms with E-state index in [2.05, 4.69) is 11.1 Å². The molecule has 1 aromatic heterocycles. The SMILES string of the molecule is CN(CCc1c[nH]c2ccccc12)C(=O)c1ccc(S(=O)(=O)N(C)C)cc1. The van der Waals surface area contributed by atoms with Gasteiger partial charge in [0.15, 0.2) is 0 Å². The summed E-state index contributed by atoms with van der Waals surface area (Å²) < 4.78 is 25.4. The number of carbonyl (C=O) groups excluding carboxylic acids is 1. The molecule has 1 amide bonds. The minimum Gasteiger partial charge on any atom is -0.361 e. The first kappa shape index (κ1) is 19.1. The number of H-pyrrole nitrogens is 1. The summed E-state index contributed by atoms with van der Waals surface area (Å²) in [7, 11) is 1.21. The highest BCUT2D eigenvalue weighted by Gasteiger charge is 2.18. The van der Waals surface area contributed by atoms with Crippen LogP contribution in [0.3, 0.4) is 0 Å². The molecule has 1 heterocycles. The van der Waals surface area contributed by atoms with Crippen LogP contribution in [0.5, 0.6) is 0 Å². The van der Waals surface area contributed by atoms with E-state index < -0.39 is 10.0 Å². The number of likely N-dealkylation sites (N-methyl/N-ethyl adjacent to an activating group) is 1. The molecule has 0 atom stereocenters. The minimum atomic E-state index is -3.50. The zero-order valence-corrected chi connectivity index (χ0v) is 16.5. The van der Waals surface area contributed by atoms with Crippen molar-refractivity contribution < 1.29 is 13.2 Å². The maximum atomic E-state index is 12.6. The normalized spacial score (nSPS) is 11.9. The highest BCUT2D eigenvalue weighted by Crippen LogP contribution is 2.19. The average Bonchev–Trinajstić information content (AvgIpc) is 3.08. The predicted molar refractivity (Wildman–Crippen MR) is 106 cm³/mol. The molecule has 0 bridgehead atoms. The van der Waals surface area contributed by atoms with Crippen LogP contribution in [0.1, 0.15) is 15.9 Å². The maximum Gasteiger partial charge on any atom is 0.253 e. The fraction of sp³-hybridized carbons (Fsp3) is 0.250. The summed E-state index contributed by atoms with van der Waals surface area (Å²) in [6.45, 7) is 0.568. The van der Waals surface area contributed by atoms with Gasteiger partial charge in [0, 0.05) is 50.4 Å². The topological polar surface area (TPSA) is 73.5 Å². The minimum absolute atomic E-state index is 0.136. The number of nitrogens with one attached hydrogen (secondary N) is 1. The third-order valence-electron chi connectivity index (χ3n) is 4.62. The van der Waals surface area contributed by atoms with Gasteiger partial charge in [-0.15, -0.1) is 0 Å². The lowest BCUT2D eigenvalue weighted by Gasteiger charge is -2.17. The first-order valence-electron chi connectivity index (χ1n) is 8.64. The Morgan fingerprint density at radius 3 is 2.33 bits per heavy atom. The third kappa shape index (κ3) is 3.89. The van der Waals surface area contributed by atoms with E-state index in [0.717, 1.165) is 27.2 Å². The summed E-state index contributed by atoms with van der Waals surface area (Å²) in [5, 5.41) is 1.16. The molecule has 27 heavy (non-hydrogen) atoms. The lowest BCUT2D eigenvalue weighted by Crippen LogP contribution is -2.29. The molecule has 0 aliphatic rings. The van der Waals surface area contributed by atoms with Gasteiger partial charge in [-0.2, -0.15) is 0 Å². The lowest BCUT2D eigenvalue weighted by atomic mass is 10.1. The molecule has 3 rings (SSSR count). The van der Waals surface area contributed by atoms with Crippen molar-refractivity contribution in [2.45, 2.75) is 11.3 Å². The molecule has 6 nitrogen and oxygen atoms in total. The number of nitrogens with zero attached hydrogens (tertiary/aromatic N) is 2.